The predicted molar refractivity (Wildman–Crippen MR) is 67.7 cm³/mol. The van der Waals surface area contributed by atoms with E-state index in [1.807, 2.05) is 0 Å². The van der Waals surface area contributed by atoms with E-state index in [0.29, 0.717) is 12.4 Å². The zero-order valence-electron chi connectivity index (χ0n) is 10.1. The second-order valence-electron chi connectivity index (χ2n) is 4.58. The molecule has 1 aromatic rings. The molecule has 7 heteroatoms. The van der Waals surface area contributed by atoms with Crippen molar-refractivity contribution in [3.05, 3.63) is 22.2 Å². The summed E-state index contributed by atoms with van der Waals surface area (Å²) in [7, 11) is 1.70. The summed E-state index contributed by atoms with van der Waals surface area (Å²) in [6, 6.07) is 2.97. The normalized spacial score (nSPS) is 16.1. The maximum Gasteiger partial charge on any atom is 0.311 e. The van der Waals surface area contributed by atoms with Gasteiger partial charge in [0.2, 0.25) is 5.82 Å². The van der Waals surface area contributed by atoms with Gasteiger partial charge in [0.1, 0.15) is 5.82 Å². The maximum atomic E-state index is 10.9. The third kappa shape index (κ3) is 2.51. The summed E-state index contributed by atoms with van der Waals surface area (Å²) < 4.78 is 0. The number of nitro groups is 1. The Bertz CT molecular complexity index is 460. The van der Waals surface area contributed by atoms with Crippen LogP contribution in [0.2, 0.25) is 0 Å². The molecule has 0 aromatic carbocycles. The molecule has 0 spiro atoms. The topological polar surface area (TPSA) is 100 Å². The number of hydrogen-bond acceptors (Lipinski definition) is 6. The lowest BCUT2D eigenvalue weighted by atomic mass is 10.1. The zero-order valence-corrected chi connectivity index (χ0v) is 10.1. The molecule has 1 aromatic heterocycles. The van der Waals surface area contributed by atoms with E-state index >= 15 is 0 Å². The Balaban J connectivity index is 2.16. The first-order valence-corrected chi connectivity index (χ1v) is 5.78. The van der Waals surface area contributed by atoms with Crippen molar-refractivity contribution in [3.63, 3.8) is 0 Å². The number of aliphatic hydroxyl groups is 1. The van der Waals surface area contributed by atoms with Gasteiger partial charge in [0.25, 0.3) is 0 Å². The molecule has 1 fully saturated rings. The SMILES string of the molecule is CNc1ccc([N+](=O)[O-])c(NCC2(CO)CC2)n1. The van der Waals surface area contributed by atoms with E-state index in [4.69, 9.17) is 0 Å². The van der Waals surface area contributed by atoms with Crippen LogP contribution in [0, 0.1) is 15.5 Å². The Hall–Kier alpha value is -1.89. The minimum Gasteiger partial charge on any atom is -0.396 e. The van der Waals surface area contributed by atoms with Crippen LogP contribution < -0.4 is 10.6 Å². The second-order valence-corrected chi connectivity index (χ2v) is 4.58. The average molecular weight is 252 g/mol. The number of nitrogens with one attached hydrogen (secondary N) is 2. The second kappa shape index (κ2) is 4.77. The van der Waals surface area contributed by atoms with E-state index in [9.17, 15) is 15.2 Å². The first-order valence-electron chi connectivity index (χ1n) is 5.78. The van der Waals surface area contributed by atoms with Gasteiger partial charge in [0.05, 0.1) is 11.5 Å². The largest absolute Gasteiger partial charge is 0.396 e. The van der Waals surface area contributed by atoms with Crippen molar-refractivity contribution in [1.29, 1.82) is 0 Å². The molecule has 0 unspecified atom stereocenters. The van der Waals surface area contributed by atoms with Gasteiger partial charge < -0.3 is 15.7 Å². The third-order valence-electron chi connectivity index (χ3n) is 3.25. The van der Waals surface area contributed by atoms with Gasteiger partial charge in [-0.1, -0.05) is 0 Å². The highest BCUT2D eigenvalue weighted by Gasteiger charge is 2.42. The minimum atomic E-state index is -0.465. The number of nitrogens with zero attached hydrogens (tertiary/aromatic N) is 2. The van der Waals surface area contributed by atoms with E-state index in [2.05, 4.69) is 15.6 Å². The van der Waals surface area contributed by atoms with Crippen LogP contribution in [0.5, 0.6) is 0 Å². The first kappa shape index (κ1) is 12.6. The lowest BCUT2D eigenvalue weighted by Gasteiger charge is -2.13. The van der Waals surface area contributed by atoms with E-state index in [1.54, 1.807) is 13.1 Å². The molecule has 7 nitrogen and oxygen atoms in total. The standard InChI is InChI=1S/C11H16N4O3/c1-12-9-3-2-8(15(17)18)10(14-9)13-6-11(7-16)4-5-11/h2-3,16H,4-7H2,1H3,(H2,12,13,14). The molecule has 0 atom stereocenters. The van der Waals surface area contributed by atoms with E-state index in [0.717, 1.165) is 12.8 Å². The molecule has 1 aliphatic rings. The molecular weight excluding hydrogens is 236 g/mol. The molecule has 0 saturated heterocycles. The van der Waals surface area contributed by atoms with Gasteiger partial charge in [-0.25, -0.2) is 4.98 Å². The quantitative estimate of drug-likeness (QED) is 0.520. The fourth-order valence-corrected chi connectivity index (χ4v) is 1.71. The summed E-state index contributed by atoms with van der Waals surface area (Å²) >= 11 is 0. The summed E-state index contributed by atoms with van der Waals surface area (Å²) in [4.78, 5) is 14.6. The van der Waals surface area contributed by atoms with E-state index in [1.165, 1.54) is 6.07 Å². The van der Waals surface area contributed by atoms with Crippen LogP contribution in [-0.2, 0) is 0 Å². The number of aliphatic hydroxyl groups excluding tert-OH is 1. The fraction of sp³-hybridized carbons (Fsp3) is 0.545. The van der Waals surface area contributed by atoms with Crippen LogP contribution in [0.4, 0.5) is 17.3 Å². The van der Waals surface area contributed by atoms with Crippen molar-refractivity contribution in [2.45, 2.75) is 12.8 Å². The predicted octanol–water partition coefficient (Wildman–Crippen LogP) is 1.22. The summed E-state index contributed by atoms with van der Waals surface area (Å²) in [5, 5.41) is 25.9. The van der Waals surface area contributed by atoms with E-state index < -0.39 is 4.92 Å². The summed E-state index contributed by atoms with van der Waals surface area (Å²) in [6.45, 7) is 0.601. The number of aromatic nitrogens is 1. The van der Waals surface area contributed by atoms with Crippen LogP contribution in [0.25, 0.3) is 0 Å². The van der Waals surface area contributed by atoms with Crippen molar-refractivity contribution >= 4 is 17.3 Å². The van der Waals surface area contributed by atoms with E-state index in [-0.39, 0.29) is 23.5 Å². The Morgan fingerprint density at radius 2 is 2.28 bits per heavy atom. The van der Waals surface area contributed by atoms with Crippen molar-refractivity contribution in [3.8, 4) is 0 Å². The van der Waals surface area contributed by atoms with Gasteiger partial charge in [-0.05, 0) is 18.9 Å². The number of anilines is 2. The molecule has 18 heavy (non-hydrogen) atoms. The minimum absolute atomic E-state index is 0.0530. The Morgan fingerprint density at radius 3 is 2.78 bits per heavy atom. The van der Waals surface area contributed by atoms with Crippen LogP contribution in [0.3, 0.4) is 0 Å². The van der Waals surface area contributed by atoms with Crippen molar-refractivity contribution in [2.24, 2.45) is 5.41 Å². The monoisotopic (exact) mass is 252 g/mol. The van der Waals surface area contributed by atoms with Gasteiger partial charge >= 0.3 is 5.69 Å². The Kier molecular flexibility index (Phi) is 3.33. The van der Waals surface area contributed by atoms with Gasteiger partial charge in [0, 0.05) is 25.1 Å². The molecule has 0 aliphatic heterocycles. The van der Waals surface area contributed by atoms with Gasteiger partial charge in [0.15, 0.2) is 0 Å². The highest BCUT2D eigenvalue weighted by atomic mass is 16.6. The number of pyridine rings is 1. The lowest BCUT2D eigenvalue weighted by molar-refractivity contribution is -0.384. The number of hydrogen-bond donors (Lipinski definition) is 3. The smallest absolute Gasteiger partial charge is 0.311 e. The molecule has 0 bridgehead atoms. The van der Waals surface area contributed by atoms with Crippen molar-refractivity contribution in [2.75, 3.05) is 30.8 Å². The van der Waals surface area contributed by atoms with Gasteiger partial charge in [-0.3, -0.25) is 10.1 Å². The lowest BCUT2D eigenvalue weighted by Crippen LogP contribution is -2.20. The molecular formula is C11H16N4O3. The van der Waals surface area contributed by atoms with Crippen molar-refractivity contribution < 1.29 is 10.0 Å². The first-order chi connectivity index (χ1) is 8.60. The molecule has 0 radical (unpaired) electrons. The molecule has 1 heterocycles. The molecule has 3 N–H and O–H groups in total. The van der Waals surface area contributed by atoms with Crippen LogP contribution in [-0.4, -0.2) is 35.2 Å². The maximum absolute atomic E-state index is 10.9. The summed E-state index contributed by atoms with van der Waals surface area (Å²) in [6.07, 6.45) is 1.88. The van der Waals surface area contributed by atoms with Crippen LogP contribution >= 0.6 is 0 Å². The summed E-state index contributed by atoms with van der Waals surface area (Å²) in [5.41, 5.74) is -0.173. The fourth-order valence-electron chi connectivity index (χ4n) is 1.71. The van der Waals surface area contributed by atoms with Gasteiger partial charge in [-0.2, -0.15) is 0 Å². The average Bonchev–Trinajstić information content (AvgIpc) is 3.16. The highest BCUT2D eigenvalue weighted by molar-refractivity contribution is 5.60. The molecule has 2 rings (SSSR count). The highest BCUT2D eigenvalue weighted by Crippen LogP contribution is 2.45. The summed E-state index contributed by atoms with van der Waals surface area (Å²) in [5.74, 6) is 0.809. The molecule has 1 saturated carbocycles. The van der Waals surface area contributed by atoms with Gasteiger partial charge in [-0.15, -0.1) is 0 Å². The van der Waals surface area contributed by atoms with Crippen LogP contribution in [0.1, 0.15) is 12.8 Å². The Labute approximate surface area is 104 Å². The molecule has 0 amide bonds. The van der Waals surface area contributed by atoms with Crippen LogP contribution in [0.15, 0.2) is 12.1 Å². The Morgan fingerprint density at radius 1 is 1.56 bits per heavy atom. The van der Waals surface area contributed by atoms with Crippen molar-refractivity contribution in [1.82, 2.24) is 4.98 Å². The molecule has 1 aliphatic carbocycles. The third-order valence-corrected chi connectivity index (χ3v) is 3.25. The number of rotatable bonds is 6. The molecule has 98 valence electrons. The zero-order chi connectivity index (χ0) is 13.2.